The highest BCUT2D eigenvalue weighted by Gasteiger charge is 2.21. The number of nitrogens with zero attached hydrogens (tertiary/aromatic N) is 3. The molecule has 0 unspecified atom stereocenters. The lowest BCUT2D eigenvalue weighted by molar-refractivity contribution is 0.0601. The first-order valence-corrected chi connectivity index (χ1v) is 8.87. The Bertz CT molecular complexity index is 1010. The van der Waals surface area contributed by atoms with Crippen molar-refractivity contribution in [2.24, 2.45) is 0 Å². The highest BCUT2D eigenvalue weighted by molar-refractivity contribution is 6.33. The summed E-state index contributed by atoms with van der Waals surface area (Å²) >= 11 is 6.25. The van der Waals surface area contributed by atoms with Crippen molar-refractivity contribution in [2.45, 2.75) is 6.42 Å². The summed E-state index contributed by atoms with van der Waals surface area (Å²) in [5.74, 6) is 0.775. The first kappa shape index (κ1) is 17.3. The zero-order chi connectivity index (χ0) is 18.8. The number of hydrogen-bond acceptors (Lipinski definition) is 6. The van der Waals surface area contributed by atoms with Gasteiger partial charge in [0.15, 0.2) is 0 Å². The van der Waals surface area contributed by atoms with E-state index in [0.29, 0.717) is 22.2 Å². The van der Waals surface area contributed by atoms with Crippen LogP contribution in [0.4, 0.5) is 23.1 Å². The lowest BCUT2D eigenvalue weighted by Gasteiger charge is -2.19. The molecular formula is C20H17ClN4O2. The fourth-order valence-electron chi connectivity index (χ4n) is 3.12. The van der Waals surface area contributed by atoms with Crippen LogP contribution in [0.2, 0.25) is 5.02 Å². The maximum atomic E-state index is 11.7. The molecule has 0 saturated heterocycles. The number of carbonyl (C=O) groups is 1. The van der Waals surface area contributed by atoms with Gasteiger partial charge >= 0.3 is 5.97 Å². The summed E-state index contributed by atoms with van der Waals surface area (Å²) in [6.45, 7) is 0.869. The second kappa shape index (κ2) is 7.25. The summed E-state index contributed by atoms with van der Waals surface area (Å²) in [6.07, 6.45) is 2.68. The van der Waals surface area contributed by atoms with Crippen LogP contribution in [0.25, 0.3) is 0 Å². The number of aromatic nitrogens is 2. The van der Waals surface area contributed by atoms with E-state index in [1.807, 2.05) is 18.2 Å². The number of esters is 1. The molecule has 0 fully saturated rings. The summed E-state index contributed by atoms with van der Waals surface area (Å²) in [4.78, 5) is 22.8. The quantitative estimate of drug-likeness (QED) is 0.678. The molecule has 0 spiro atoms. The van der Waals surface area contributed by atoms with Crippen LogP contribution in [0.5, 0.6) is 0 Å². The number of nitrogens with one attached hydrogen (secondary N) is 1. The normalized spacial score (nSPS) is 12.6. The van der Waals surface area contributed by atoms with Crippen LogP contribution in [0.15, 0.2) is 54.7 Å². The van der Waals surface area contributed by atoms with Gasteiger partial charge in [0.25, 0.3) is 0 Å². The Morgan fingerprint density at radius 3 is 2.93 bits per heavy atom. The van der Waals surface area contributed by atoms with E-state index in [-0.39, 0.29) is 0 Å². The molecule has 0 aliphatic carbocycles. The number of ether oxygens (including phenoxy) is 1. The Balaban J connectivity index is 1.62. The monoisotopic (exact) mass is 380 g/mol. The lowest BCUT2D eigenvalue weighted by atomic mass is 10.2. The van der Waals surface area contributed by atoms with Crippen LogP contribution in [-0.4, -0.2) is 29.6 Å². The number of para-hydroxylation sites is 1. The topological polar surface area (TPSA) is 67.3 Å². The molecule has 1 aliphatic rings. The highest BCUT2D eigenvalue weighted by Crippen LogP contribution is 2.33. The summed E-state index contributed by atoms with van der Waals surface area (Å²) in [6, 6.07) is 15.0. The summed E-state index contributed by atoms with van der Waals surface area (Å²) in [5.41, 5.74) is 3.40. The number of benzene rings is 2. The van der Waals surface area contributed by atoms with Crippen molar-refractivity contribution in [1.82, 2.24) is 9.97 Å². The maximum absolute atomic E-state index is 11.7. The Morgan fingerprint density at radius 1 is 1.22 bits per heavy atom. The fourth-order valence-corrected chi connectivity index (χ4v) is 3.29. The van der Waals surface area contributed by atoms with Crippen molar-refractivity contribution in [3.63, 3.8) is 0 Å². The average molecular weight is 381 g/mol. The largest absolute Gasteiger partial charge is 0.465 e. The number of rotatable bonds is 4. The van der Waals surface area contributed by atoms with Crippen LogP contribution in [0.1, 0.15) is 15.9 Å². The molecule has 0 bridgehead atoms. The van der Waals surface area contributed by atoms with E-state index in [1.165, 1.54) is 12.7 Å². The first-order valence-electron chi connectivity index (χ1n) is 8.49. The van der Waals surface area contributed by atoms with E-state index in [2.05, 4.69) is 32.3 Å². The second-order valence-corrected chi connectivity index (χ2v) is 6.49. The molecule has 27 heavy (non-hydrogen) atoms. The number of methoxy groups -OCH3 is 1. The molecule has 0 atom stereocenters. The van der Waals surface area contributed by atoms with Gasteiger partial charge < -0.3 is 15.0 Å². The third-order valence-electron chi connectivity index (χ3n) is 4.44. The molecule has 1 aromatic heterocycles. The van der Waals surface area contributed by atoms with Crippen molar-refractivity contribution >= 4 is 40.7 Å². The van der Waals surface area contributed by atoms with E-state index >= 15 is 0 Å². The molecular weight excluding hydrogens is 364 g/mol. The van der Waals surface area contributed by atoms with Gasteiger partial charge in [-0.15, -0.1) is 0 Å². The SMILES string of the molecule is COC(=O)c1ccc(Cl)c(Nc2nccc(N3CCc4ccccc43)n2)c1. The second-order valence-electron chi connectivity index (χ2n) is 6.08. The minimum atomic E-state index is -0.432. The predicted octanol–water partition coefficient (Wildman–Crippen LogP) is 4.35. The number of anilines is 4. The Hall–Kier alpha value is -3.12. The van der Waals surface area contributed by atoms with Crippen LogP contribution in [0, 0.1) is 0 Å². The molecule has 3 aromatic rings. The van der Waals surface area contributed by atoms with E-state index in [0.717, 1.165) is 24.5 Å². The molecule has 2 heterocycles. The Kier molecular flexibility index (Phi) is 4.64. The lowest BCUT2D eigenvalue weighted by Crippen LogP contribution is -2.15. The Labute approximate surface area is 161 Å². The number of fused-ring (bicyclic) bond motifs is 1. The molecule has 4 rings (SSSR count). The number of carbonyl (C=O) groups excluding carboxylic acids is 1. The minimum Gasteiger partial charge on any atom is -0.465 e. The zero-order valence-electron chi connectivity index (χ0n) is 14.6. The summed E-state index contributed by atoms with van der Waals surface area (Å²) in [7, 11) is 1.34. The molecule has 0 saturated carbocycles. The van der Waals surface area contributed by atoms with Gasteiger partial charge in [-0.25, -0.2) is 9.78 Å². The molecule has 7 heteroatoms. The van der Waals surface area contributed by atoms with Gasteiger partial charge in [0.2, 0.25) is 5.95 Å². The first-order chi connectivity index (χ1) is 13.2. The van der Waals surface area contributed by atoms with Crippen LogP contribution >= 0.6 is 11.6 Å². The minimum absolute atomic E-state index is 0.397. The van der Waals surface area contributed by atoms with E-state index < -0.39 is 5.97 Å². The van der Waals surface area contributed by atoms with Crippen LogP contribution in [0.3, 0.4) is 0 Å². The van der Waals surface area contributed by atoms with Crippen molar-refractivity contribution in [3.05, 3.63) is 70.9 Å². The molecule has 136 valence electrons. The van der Waals surface area contributed by atoms with Gasteiger partial charge in [-0.3, -0.25) is 0 Å². The molecule has 1 aliphatic heterocycles. The molecule has 6 nitrogen and oxygen atoms in total. The van der Waals surface area contributed by atoms with Crippen LogP contribution < -0.4 is 10.2 Å². The smallest absolute Gasteiger partial charge is 0.337 e. The molecule has 0 radical (unpaired) electrons. The van der Waals surface area contributed by atoms with E-state index in [9.17, 15) is 4.79 Å². The standard InChI is InChI=1S/C20H17ClN4O2/c1-27-19(26)14-6-7-15(21)16(12-14)23-20-22-10-8-18(24-20)25-11-9-13-4-2-3-5-17(13)25/h2-8,10,12H,9,11H2,1H3,(H,22,23,24). The van der Waals surface area contributed by atoms with Crippen molar-refractivity contribution < 1.29 is 9.53 Å². The molecule has 1 N–H and O–H groups in total. The van der Waals surface area contributed by atoms with Crippen molar-refractivity contribution in [2.75, 3.05) is 23.9 Å². The Morgan fingerprint density at radius 2 is 2.07 bits per heavy atom. The van der Waals surface area contributed by atoms with Crippen molar-refractivity contribution in [1.29, 1.82) is 0 Å². The number of hydrogen-bond donors (Lipinski definition) is 1. The fraction of sp³-hybridized carbons (Fsp3) is 0.150. The number of halogens is 1. The zero-order valence-corrected chi connectivity index (χ0v) is 15.4. The van der Waals surface area contributed by atoms with E-state index in [4.69, 9.17) is 16.3 Å². The summed E-state index contributed by atoms with van der Waals surface area (Å²) in [5, 5.41) is 3.55. The van der Waals surface area contributed by atoms with Gasteiger partial charge in [0.05, 0.1) is 23.4 Å². The maximum Gasteiger partial charge on any atom is 0.337 e. The van der Waals surface area contributed by atoms with Gasteiger partial charge in [-0.05, 0) is 42.3 Å². The third kappa shape index (κ3) is 3.44. The predicted molar refractivity (Wildman–Crippen MR) is 105 cm³/mol. The van der Waals surface area contributed by atoms with E-state index in [1.54, 1.807) is 24.4 Å². The van der Waals surface area contributed by atoms with Gasteiger partial charge in [-0.1, -0.05) is 29.8 Å². The molecule has 2 aromatic carbocycles. The summed E-state index contributed by atoms with van der Waals surface area (Å²) < 4.78 is 4.75. The van der Waals surface area contributed by atoms with Gasteiger partial charge in [-0.2, -0.15) is 4.98 Å². The molecule has 0 amide bonds. The third-order valence-corrected chi connectivity index (χ3v) is 4.77. The van der Waals surface area contributed by atoms with Crippen molar-refractivity contribution in [3.8, 4) is 0 Å². The van der Waals surface area contributed by atoms with Gasteiger partial charge in [0.1, 0.15) is 5.82 Å². The van der Waals surface area contributed by atoms with Crippen LogP contribution in [-0.2, 0) is 11.2 Å². The average Bonchev–Trinajstić information content (AvgIpc) is 3.13. The highest BCUT2D eigenvalue weighted by atomic mass is 35.5. The van der Waals surface area contributed by atoms with Gasteiger partial charge in [0, 0.05) is 18.4 Å².